The number of aromatic nitrogens is 4. The van der Waals surface area contributed by atoms with Gasteiger partial charge in [-0.15, -0.1) is 0 Å². The molecule has 2 heterocycles. The molecule has 1 amide bonds. The first-order valence-electron chi connectivity index (χ1n) is 9.23. The van der Waals surface area contributed by atoms with E-state index in [-0.39, 0.29) is 27.0 Å². The van der Waals surface area contributed by atoms with Crippen LogP contribution in [-0.2, 0) is 4.79 Å². The quantitative estimate of drug-likeness (QED) is 0.416. The van der Waals surface area contributed by atoms with Crippen LogP contribution in [0, 0.1) is 18.3 Å². The zero-order chi connectivity index (χ0) is 23.0. The summed E-state index contributed by atoms with van der Waals surface area (Å²) >= 11 is 12.4. The molecule has 2 aromatic heterocycles. The van der Waals surface area contributed by atoms with Gasteiger partial charge in [-0.2, -0.15) is 10.4 Å². The topological polar surface area (TPSA) is 143 Å². The molecule has 0 saturated carbocycles. The van der Waals surface area contributed by atoms with Crippen molar-refractivity contribution in [3.8, 4) is 11.8 Å². The molecule has 0 fully saturated rings. The van der Waals surface area contributed by atoms with Gasteiger partial charge in [-0.05, 0) is 48.9 Å². The number of anilines is 2. The van der Waals surface area contributed by atoms with Crippen LogP contribution in [0.15, 0.2) is 42.7 Å². The van der Waals surface area contributed by atoms with E-state index in [1.807, 2.05) is 6.07 Å². The van der Waals surface area contributed by atoms with Crippen LogP contribution in [0.5, 0.6) is 0 Å². The number of halogens is 2. The predicted octanol–water partition coefficient (Wildman–Crippen LogP) is 3.56. The number of hydrogen-bond donors (Lipinski definition) is 3. The van der Waals surface area contributed by atoms with Gasteiger partial charge < -0.3 is 16.2 Å². The van der Waals surface area contributed by atoms with E-state index in [2.05, 4.69) is 20.4 Å². The molecule has 0 radical (unpaired) electrons. The molecule has 0 aliphatic heterocycles. The van der Waals surface area contributed by atoms with Crippen LogP contribution in [0.4, 0.5) is 11.5 Å². The van der Waals surface area contributed by atoms with Crippen LogP contribution in [0.2, 0.25) is 10.0 Å². The Balaban J connectivity index is 1.62. The molecular weight excluding hydrogens is 453 g/mol. The molecule has 0 unspecified atom stereocenters. The second-order valence-electron chi connectivity index (χ2n) is 6.90. The van der Waals surface area contributed by atoms with Gasteiger partial charge in [0.2, 0.25) is 0 Å². The van der Waals surface area contributed by atoms with E-state index in [0.717, 1.165) is 0 Å². The Labute approximate surface area is 192 Å². The number of aliphatic hydroxyl groups excluding tert-OH is 1. The number of carbonyl (C=O) groups is 1. The van der Waals surface area contributed by atoms with Gasteiger partial charge in [-0.1, -0.05) is 23.2 Å². The summed E-state index contributed by atoms with van der Waals surface area (Å²) in [5.41, 5.74) is 9.08. The normalized spacial score (nSPS) is 11.8. The maximum Gasteiger partial charge on any atom is 0.257 e. The predicted molar refractivity (Wildman–Crippen MR) is 121 cm³/mol. The monoisotopic (exact) mass is 467 g/mol. The van der Waals surface area contributed by atoms with Crippen molar-refractivity contribution < 1.29 is 9.90 Å². The maximum atomic E-state index is 12.5. The van der Waals surface area contributed by atoms with Gasteiger partial charge in [0.15, 0.2) is 11.9 Å². The lowest BCUT2D eigenvalue weighted by molar-refractivity contribution is -0.124. The average Bonchev–Trinajstić information content (AvgIpc) is 3.10. The van der Waals surface area contributed by atoms with Crippen LogP contribution >= 0.6 is 23.2 Å². The Hall–Kier alpha value is -3.71. The van der Waals surface area contributed by atoms with Crippen LogP contribution in [0.25, 0.3) is 16.7 Å². The molecule has 0 saturated heterocycles. The van der Waals surface area contributed by atoms with Crippen molar-refractivity contribution in [2.45, 2.75) is 13.0 Å². The molecule has 0 aliphatic rings. The zero-order valence-corrected chi connectivity index (χ0v) is 18.1. The number of benzene rings is 2. The van der Waals surface area contributed by atoms with Crippen molar-refractivity contribution in [1.29, 1.82) is 5.26 Å². The third-order valence-corrected chi connectivity index (χ3v) is 5.23. The Kier molecular flexibility index (Phi) is 5.67. The first kappa shape index (κ1) is 21.5. The highest BCUT2D eigenvalue weighted by molar-refractivity contribution is 6.33. The van der Waals surface area contributed by atoms with E-state index < -0.39 is 12.0 Å². The number of hydrogen-bond acceptors (Lipinski definition) is 7. The number of rotatable bonds is 4. The summed E-state index contributed by atoms with van der Waals surface area (Å²) in [6.07, 6.45) is -0.171. The van der Waals surface area contributed by atoms with Gasteiger partial charge in [0.25, 0.3) is 5.91 Å². The lowest BCUT2D eigenvalue weighted by Gasteiger charge is -2.14. The summed E-state index contributed by atoms with van der Waals surface area (Å²) in [6.45, 7) is 1.79. The summed E-state index contributed by atoms with van der Waals surface area (Å²) in [7, 11) is 0. The number of nitriles is 1. The molecule has 32 heavy (non-hydrogen) atoms. The Morgan fingerprint density at radius 1 is 1.25 bits per heavy atom. The van der Waals surface area contributed by atoms with E-state index in [0.29, 0.717) is 28.1 Å². The fourth-order valence-electron chi connectivity index (χ4n) is 3.24. The molecule has 9 nitrogen and oxygen atoms in total. The summed E-state index contributed by atoms with van der Waals surface area (Å²) in [4.78, 5) is 20.7. The smallest absolute Gasteiger partial charge is 0.257 e. The lowest BCUT2D eigenvalue weighted by Crippen LogP contribution is -2.21. The van der Waals surface area contributed by atoms with Gasteiger partial charge in [-0.3, -0.25) is 4.79 Å². The first-order chi connectivity index (χ1) is 15.3. The van der Waals surface area contributed by atoms with Crippen molar-refractivity contribution in [3.63, 3.8) is 0 Å². The van der Waals surface area contributed by atoms with Gasteiger partial charge >= 0.3 is 0 Å². The summed E-state index contributed by atoms with van der Waals surface area (Å²) in [5.74, 6) is -0.455. The molecule has 0 bridgehead atoms. The van der Waals surface area contributed by atoms with Crippen molar-refractivity contribution in [2.24, 2.45) is 0 Å². The number of nitrogen functional groups attached to an aromatic ring is 1. The molecule has 0 spiro atoms. The van der Waals surface area contributed by atoms with Crippen molar-refractivity contribution >= 4 is 51.6 Å². The lowest BCUT2D eigenvalue weighted by atomic mass is 10.1. The van der Waals surface area contributed by atoms with E-state index in [1.165, 1.54) is 35.3 Å². The molecule has 160 valence electrons. The third kappa shape index (κ3) is 3.94. The highest BCUT2D eigenvalue weighted by atomic mass is 35.5. The third-order valence-electron chi connectivity index (χ3n) is 4.71. The number of aryl methyl sites for hydroxylation is 1. The van der Waals surface area contributed by atoms with Crippen molar-refractivity contribution in [2.75, 3.05) is 11.1 Å². The Morgan fingerprint density at radius 3 is 2.75 bits per heavy atom. The van der Waals surface area contributed by atoms with Crippen LogP contribution in [0.1, 0.15) is 22.9 Å². The van der Waals surface area contributed by atoms with Crippen molar-refractivity contribution in [1.82, 2.24) is 19.7 Å². The second-order valence-corrected chi connectivity index (χ2v) is 7.74. The van der Waals surface area contributed by atoms with Crippen LogP contribution < -0.4 is 11.1 Å². The fraction of sp³-hybridized carbons (Fsp3) is 0.0952. The first-order valence-corrected chi connectivity index (χ1v) is 9.99. The SMILES string of the molecule is Cc1nn(-c2ccc(NC(=O)[C@H](O)c3cc(Cl)cc(C#N)c3)cc2Cl)c2c(N)ncnc12. The van der Waals surface area contributed by atoms with Crippen LogP contribution in [-0.4, -0.2) is 30.8 Å². The second kappa shape index (κ2) is 8.43. The number of fused-ring (bicyclic) bond motifs is 1. The number of aliphatic hydroxyl groups is 1. The minimum absolute atomic E-state index is 0.197. The molecule has 11 heteroatoms. The number of amides is 1. The van der Waals surface area contributed by atoms with E-state index in [4.69, 9.17) is 34.2 Å². The van der Waals surface area contributed by atoms with Crippen molar-refractivity contribution in [3.05, 3.63) is 69.6 Å². The van der Waals surface area contributed by atoms with E-state index in [1.54, 1.807) is 19.1 Å². The van der Waals surface area contributed by atoms with Gasteiger partial charge in [0, 0.05) is 10.7 Å². The van der Waals surface area contributed by atoms with Gasteiger partial charge in [-0.25, -0.2) is 14.6 Å². The van der Waals surface area contributed by atoms with E-state index >= 15 is 0 Å². The standard InChI is InChI=1S/C21H15Cl2N7O2/c1-10-17-18(20(25)27-9-26-17)30(29-10)16-3-2-14(7-15(16)23)28-21(32)19(31)12-4-11(8-24)5-13(22)6-12/h2-7,9,19,31H,1H3,(H,28,32)(H2,25,26,27)/t19-/m1/s1. The maximum absolute atomic E-state index is 12.5. The summed E-state index contributed by atoms with van der Waals surface area (Å²) in [5, 5.41) is 27.0. The average molecular weight is 468 g/mol. The number of nitrogens with zero attached hydrogens (tertiary/aromatic N) is 5. The Morgan fingerprint density at radius 2 is 2.03 bits per heavy atom. The minimum atomic E-state index is -1.53. The molecule has 1 atom stereocenters. The molecule has 4 aromatic rings. The highest BCUT2D eigenvalue weighted by Crippen LogP contribution is 2.30. The fourth-order valence-corrected chi connectivity index (χ4v) is 3.74. The number of carbonyl (C=O) groups excluding carboxylic acids is 1. The zero-order valence-electron chi connectivity index (χ0n) is 16.5. The Bertz CT molecular complexity index is 1410. The number of nitrogens with one attached hydrogen (secondary N) is 1. The van der Waals surface area contributed by atoms with E-state index in [9.17, 15) is 9.90 Å². The summed E-state index contributed by atoms with van der Waals surface area (Å²) < 4.78 is 1.54. The molecular formula is C21H15Cl2N7O2. The highest BCUT2D eigenvalue weighted by Gasteiger charge is 2.20. The van der Waals surface area contributed by atoms with Gasteiger partial charge in [0.1, 0.15) is 17.4 Å². The molecule has 0 aliphatic carbocycles. The van der Waals surface area contributed by atoms with Gasteiger partial charge in [0.05, 0.1) is 28.0 Å². The largest absolute Gasteiger partial charge is 0.382 e. The molecule has 2 aromatic carbocycles. The number of nitrogens with two attached hydrogens (primary N) is 1. The summed E-state index contributed by atoms with van der Waals surface area (Å²) in [6, 6.07) is 10.9. The molecule has 4 N–H and O–H groups in total. The van der Waals surface area contributed by atoms with Crippen LogP contribution in [0.3, 0.4) is 0 Å². The minimum Gasteiger partial charge on any atom is -0.382 e. The molecule has 4 rings (SSSR count).